The number of pyridine rings is 1. The van der Waals surface area contributed by atoms with Gasteiger partial charge in [0.15, 0.2) is 0 Å². The number of thiazole rings is 1. The Hall–Kier alpha value is -1.26. The Morgan fingerprint density at radius 2 is 2.12 bits per heavy atom. The van der Waals surface area contributed by atoms with E-state index in [0.717, 1.165) is 21.8 Å². The summed E-state index contributed by atoms with van der Waals surface area (Å²) >= 11 is 1.63. The van der Waals surface area contributed by atoms with Crippen molar-refractivity contribution in [1.29, 1.82) is 0 Å². The first-order valence-electron chi connectivity index (χ1n) is 5.71. The van der Waals surface area contributed by atoms with Crippen LogP contribution in [0.5, 0.6) is 0 Å². The number of hydrogen-bond acceptors (Lipinski definition) is 4. The van der Waals surface area contributed by atoms with Gasteiger partial charge in [0.25, 0.3) is 0 Å². The Morgan fingerprint density at radius 3 is 2.71 bits per heavy atom. The summed E-state index contributed by atoms with van der Waals surface area (Å²) in [5.74, 6) is 0.446. The Morgan fingerprint density at radius 1 is 1.35 bits per heavy atom. The van der Waals surface area contributed by atoms with Crippen LogP contribution in [0.15, 0.2) is 23.8 Å². The summed E-state index contributed by atoms with van der Waals surface area (Å²) in [6.45, 7) is 6.33. The molecule has 1 unspecified atom stereocenters. The highest BCUT2D eigenvalue weighted by Gasteiger charge is 2.16. The number of nitrogens with two attached hydrogens (primary N) is 1. The second kappa shape index (κ2) is 4.94. The van der Waals surface area contributed by atoms with Gasteiger partial charge in [-0.3, -0.25) is 4.98 Å². The first kappa shape index (κ1) is 12.2. The molecule has 90 valence electrons. The summed E-state index contributed by atoms with van der Waals surface area (Å²) in [5, 5.41) is 3.05. The van der Waals surface area contributed by atoms with Crippen molar-refractivity contribution in [2.45, 2.75) is 32.7 Å². The van der Waals surface area contributed by atoms with Gasteiger partial charge < -0.3 is 5.73 Å². The molecule has 2 heterocycles. The van der Waals surface area contributed by atoms with Crippen LogP contribution in [0.3, 0.4) is 0 Å². The Kier molecular flexibility index (Phi) is 3.54. The normalized spacial score (nSPS) is 13.0. The molecule has 0 aliphatic carbocycles. The van der Waals surface area contributed by atoms with Crippen LogP contribution in [-0.4, -0.2) is 9.97 Å². The number of aromatic nitrogens is 2. The van der Waals surface area contributed by atoms with Gasteiger partial charge in [0, 0.05) is 17.8 Å². The van der Waals surface area contributed by atoms with Crippen molar-refractivity contribution in [3.05, 3.63) is 45.7 Å². The van der Waals surface area contributed by atoms with Crippen LogP contribution >= 0.6 is 11.3 Å². The predicted octanol–water partition coefficient (Wildman–Crippen LogP) is 3.02. The van der Waals surface area contributed by atoms with Gasteiger partial charge in [-0.1, -0.05) is 13.8 Å². The lowest BCUT2D eigenvalue weighted by molar-refractivity contribution is 0.790. The fourth-order valence-corrected chi connectivity index (χ4v) is 2.64. The molecule has 17 heavy (non-hydrogen) atoms. The largest absolute Gasteiger partial charge is 0.318 e. The SMILES string of the molecule is Cc1ccncc1C(N)c1nc(C(C)C)cs1. The van der Waals surface area contributed by atoms with Crippen molar-refractivity contribution in [3.8, 4) is 0 Å². The van der Waals surface area contributed by atoms with Crippen molar-refractivity contribution in [3.63, 3.8) is 0 Å². The second-order valence-corrected chi connectivity index (χ2v) is 5.36. The molecule has 2 aromatic heterocycles. The molecule has 2 N–H and O–H groups in total. The summed E-state index contributed by atoms with van der Waals surface area (Å²) in [5.41, 5.74) is 9.57. The first-order valence-corrected chi connectivity index (χ1v) is 6.59. The zero-order valence-corrected chi connectivity index (χ0v) is 11.2. The second-order valence-electron chi connectivity index (χ2n) is 4.48. The molecule has 0 radical (unpaired) electrons. The smallest absolute Gasteiger partial charge is 0.114 e. The minimum absolute atomic E-state index is 0.166. The van der Waals surface area contributed by atoms with Crippen molar-refractivity contribution in [1.82, 2.24) is 9.97 Å². The predicted molar refractivity (Wildman–Crippen MR) is 71.2 cm³/mol. The highest BCUT2D eigenvalue weighted by molar-refractivity contribution is 7.09. The third-order valence-corrected chi connectivity index (χ3v) is 3.76. The lowest BCUT2D eigenvalue weighted by Crippen LogP contribution is -2.13. The van der Waals surface area contributed by atoms with E-state index in [1.165, 1.54) is 0 Å². The van der Waals surface area contributed by atoms with Crippen molar-refractivity contribution >= 4 is 11.3 Å². The molecule has 0 bridgehead atoms. The van der Waals surface area contributed by atoms with E-state index in [1.807, 2.05) is 19.2 Å². The maximum atomic E-state index is 6.24. The number of hydrogen-bond donors (Lipinski definition) is 1. The minimum Gasteiger partial charge on any atom is -0.318 e. The highest BCUT2D eigenvalue weighted by Crippen LogP contribution is 2.26. The fraction of sp³-hybridized carbons (Fsp3) is 0.385. The Balaban J connectivity index is 2.31. The van der Waals surface area contributed by atoms with Gasteiger partial charge in [-0.25, -0.2) is 4.98 Å². The molecule has 1 atom stereocenters. The van der Waals surface area contributed by atoms with Crippen LogP contribution in [0.1, 0.15) is 47.6 Å². The molecule has 2 aromatic rings. The molecule has 0 aliphatic rings. The average Bonchev–Trinajstić information content (AvgIpc) is 2.78. The molecule has 0 aromatic carbocycles. The van der Waals surface area contributed by atoms with Crippen molar-refractivity contribution < 1.29 is 0 Å². The summed E-state index contributed by atoms with van der Waals surface area (Å²) in [6, 6.07) is 1.81. The highest BCUT2D eigenvalue weighted by atomic mass is 32.1. The van der Waals surface area contributed by atoms with Gasteiger partial charge in [0.1, 0.15) is 5.01 Å². The van der Waals surface area contributed by atoms with Gasteiger partial charge in [0.2, 0.25) is 0 Å². The number of nitrogens with zero attached hydrogens (tertiary/aromatic N) is 2. The van der Waals surface area contributed by atoms with Gasteiger partial charge in [-0.05, 0) is 30.0 Å². The van der Waals surface area contributed by atoms with Gasteiger partial charge >= 0.3 is 0 Å². The molecule has 3 nitrogen and oxygen atoms in total. The quantitative estimate of drug-likeness (QED) is 0.907. The molecule has 0 spiro atoms. The number of aryl methyl sites for hydroxylation is 1. The van der Waals surface area contributed by atoms with Gasteiger partial charge in [0.05, 0.1) is 11.7 Å². The van der Waals surface area contributed by atoms with Crippen LogP contribution < -0.4 is 5.73 Å². The maximum Gasteiger partial charge on any atom is 0.114 e. The van der Waals surface area contributed by atoms with Crippen LogP contribution in [0.2, 0.25) is 0 Å². The first-order chi connectivity index (χ1) is 8.09. The lowest BCUT2D eigenvalue weighted by atomic mass is 10.1. The van der Waals surface area contributed by atoms with Gasteiger partial charge in [-0.15, -0.1) is 11.3 Å². The molecule has 0 amide bonds. The molecule has 2 rings (SSSR count). The van der Waals surface area contributed by atoms with E-state index in [0.29, 0.717) is 5.92 Å². The maximum absolute atomic E-state index is 6.24. The van der Waals surface area contributed by atoms with Crippen molar-refractivity contribution in [2.75, 3.05) is 0 Å². The zero-order valence-electron chi connectivity index (χ0n) is 10.3. The van der Waals surface area contributed by atoms with Crippen LogP contribution in [-0.2, 0) is 0 Å². The molecular formula is C13H17N3S. The lowest BCUT2D eigenvalue weighted by Gasteiger charge is -2.11. The summed E-state index contributed by atoms with van der Waals surface area (Å²) < 4.78 is 0. The molecule has 0 saturated carbocycles. The van der Waals surface area contributed by atoms with E-state index in [1.54, 1.807) is 17.5 Å². The van der Waals surface area contributed by atoms with E-state index >= 15 is 0 Å². The molecular weight excluding hydrogens is 230 g/mol. The topological polar surface area (TPSA) is 51.8 Å². The summed E-state index contributed by atoms with van der Waals surface area (Å²) in [6.07, 6.45) is 3.61. The third-order valence-electron chi connectivity index (χ3n) is 2.81. The van der Waals surface area contributed by atoms with E-state index < -0.39 is 0 Å². The Labute approximate surface area is 106 Å². The van der Waals surface area contributed by atoms with Crippen LogP contribution in [0, 0.1) is 6.92 Å². The third kappa shape index (κ3) is 2.53. The van der Waals surface area contributed by atoms with Crippen LogP contribution in [0.25, 0.3) is 0 Å². The van der Waals surface area contributed by atoms with E-state index in [-0.39, 0.29) is 6.04 Å². The summed E-state index contributed by atoms with van der Waals surface area (Å²) in [4.78, 5) is 8.72. The van der Waals surface area contributed by atoms with Crippen molar-refractivity contribution in [2.24, 2.45) is 5.73 Å². The molecule has 4 heteroatoms. The summed E-state index contributed by atoms with van der Waals surface area (Å²) in [7, 11) is 0. The Bertz CT molecular complexity index is 505. The monoisotopic (exact) mass is 247 g/mol. The van der Waals surface area contributed by atoms with Crippen LogP contribution in [0.4, 0.5) is 0 Å². The van der Waals surface area contributed by atoms with E-state index in [4.69, 9.17) is 5.73 Å². The average molecular weight is 247 g/mol. The molecule has 0 fully saturated rings. The van der Waals surface area contributed by atoms with E-state index in [2.05, 4.69) is 29.2 Å². The molecule has 0 saturated heterocycles. The minimum atomic E-state index is -0.166. The number of rotatable bonds is 3. The zero-order chi connectivity index (χ0) is 12.4. The fourth-order valence-electron chi connectivity index (χ4n) is 1.64. The standard InChI is InChI=1S/C13H17N3S/c1-8(2)11-7-17-13(16-11)12(14)10-6-15-5-4-9(10)3/h4-8,12H,14H2,1-3H3. The molecule has 0 aliphatic heterocycles. The van der Waals surface area contributed by atoms with E-state index in [9.17, 15) is 0 Å². The van der Waals surface area contributed by atoms with Gasteiger partial charge in [-0.2, -0.15) is 0 Å².